The zero-order valence-corrected chi connectivity index (χ0v) is 24.6. The van der Waals surface area contributed by atoms with Crippen molar-refractivity contribution in [2.45, 2.75) is 181 Å². The molecule has 2 heteroatoms. The Balaban J connectivity index is 3.49. The first-order chi connectivity index (χ1) is 17.7. The van der Waals surface area contributed by atoms with Crippen LogP contribution in [0, 0.1) is 5.92 Å². The van der Waals surface area contributed by atoms with E-state index in [2.05, 4.69) is 38.2 Å². The first kappa shape index (κ1) is 35.0. The van der Waals surface area contributed by atoms with Gasteiger partial charge in [0, 0.05) is 0 Å². The van der Waals surface area contributed by atoms with E-state index in [0.717, 1.165) is 38.5 Å². The standard InChI is InChI=1S/C34H64O2/c1-3-5-7-9-11-13-15-17-19-21-23-25-27-29-31-33(34(35)36)32-30-28-26-24-22-20-18-16-14-12-10-8-6-4-2/h11,13,17,19,33H,3-10,12,14-16,18,20-32H2,1-2H3,(H,35,36)/b13-11-,19-17-. The van der Waals surface area contributed by atoms with Crippen LogP contribution in [0.1, 0.15) is 181 Å². The third-order valence-corrected chi connectivity index (χ3v) is 7.51. The van der Waals surface area contributed by atoms with Gasteiger partial charge in [0.15, 0.2) is 0 Å². The maximum absolute atomic E-state index is 11.6. The highest BCUT2D eigenvalue weighted by Crippen LogP contribution is 2.20. The van der Waals surface area contributed by atoms with E-state index in [1.165, 1.54) is 128 Å². The van der Waals surface area contributed by atoms with Gasteiger partial charge in [-0.25, -0.2) is 0 Å². The molecule has 1 atom stereocenters. The van der Waals surface area contributed by atoms with Crippen LogP contribution in [0.2, 0.25) is 0 Å². The van der Waals surface area contributed by atoms with Crippen LogP contribution in [0.5, 0.6) is 0 Å². The highest BCUT2D eigenvalue weighted by Gasteiger charge is 2.16. The number of hydrogen-bond acceptors (Lipinski definition) is 1. The number of carboxylic acid groups (broad SMARTS) is 1. The van der Waals surface area contributed by atoms with Gasteiger partial charge in [-0.2, -0.15) is 0 Å². The quantitative estimate of drug-likeness (QED) is 0.0812. The Labute approximate surface area is 226 Å². The summed E-state index contributed by atoms with van der Waals surface area (Å²) in [5.74, 6) is -0.693. The molecule has 0 aromatic rings. The van der Waals surface area contributed by atoms with E-state index in [1.807, 2.05) is 0 Å². The van der Waals surface area contributed by atoms with Gasteiger partial charge in [-0.05, 0) is 44.9 Å². The minimum atomic E-state index is -0.574. The van der Waals surface area contributed by atoms with Crippen LogP contribution in [-0.2, 0) is 4.79 Å². The number of allylic oxidation sites excluding steroid dienone is 4. The minimum Gasteiger partial charge on any atom is -0.481 e. The molecule has 0 radical (unpaired) electrons. The molecular weight excluding hydrogens is 440 g/mol. The van der Waals surface area contributed by atoms with Gasteiger partial charge >= 0.3 is 5.97 Å². The lowest BCUT2D eigenvalue weighted by Gasteiger charge is -2.12. The first-order valence-electron chi connectivity index (χ1n) is 16.2. The number of carboxylic acids is 1. The molecule has 0 bridgehead atoms. The molecule has 1 unspecified atom stereocenters. The predicted molar refractivity (Wildman–Crippen MR) is 161 cm³/mol. The lowest BCUT2D eigenvalue weighted by Crippen LogP contribution is -2.13. The predicted octanol–water partition coefficient (Wildman–Crippen LogP) is 12.0. The fraction of sp³-hybridized carbons (Fsp3) is 0.853. The number of aliphatic carboxylic acids is 1. The largest absolute Gasteiger partial charge is 0.481 e. The van der Waals surface area contributed by atoms with Crippen molar-refractivity contribution < 1.29 is 9.90 Å². The molecule has 0 rings (SSSR count). The summed E-state index contributed by atoms with van der Waals surface area (Å²) < 4.78 is 0. The molecule has 0 aliphatic heterocycles. The van der Waals surface area contributed by atoms with Crippen molar-refractivity contribution in [3.05, 3.63) is 24.3 Å². The van der Waals surface area contributed by atoms with Crippen LogP contribution in [0.15, 0.2) is 24.3 Å². The fourth-order valence-corrected chi connectivity index (χ4v) is 5.00. The summed E-state index contributed by atoms with van der Waals surface area (Å²) in [6, 6.07) is 0. The van der Waals surface area contributed by atoms with E-state index >= 15 is 0 Å². The van der Waals surface area contributed by atoms with Crippen LogP contribution >= 0.6 is 0 Å². The van der Waals surface area contributed by atoms with Crippen molar-refractivity contribution >= 4 is 5.97 Å². The van der Waals surface area contributed by atoms with Crippen molar-refractivity contribution in [1.82, 2.24) is 0 Å². The Bertz CT molecular complexity index is 493. The maximum Gasteiger partial charge on any atom is 0.306 e. The summed E-state index contributed by atoms with van der Waals surface area (Å²) in [6.45, 7) is 4.53. The Hall–Kier alpha value is -1.05. The zero-order chi connectivity index (χ0) is 26.4. The molecule has 0 aliphatic carbocycles. The smallest absolute Gasteiger partial charge is 0.306 e. The van der Waals surface area contributed by atoms with Gasteiger partial charge in [0.05, 0.1) is 5.92 Å². The zero-order valence-electron chi connectivity index (χ0n) is 24.6. The molecule has 212 valence electrons. The van der Waals surface area contributed by atoms with Gasteiger partial charge < -0.3 is 5.11 Å². The molecule has 0 aliphatic rings. The average Bonchev–Trinajstić information content (AvgIpc) is 2.87. The van der Waals surface area contributed by atoms with Crippen molar-refractivity contribution in [3.63, 3.8) is 0 Å². The molecule has 2 nitrogen and oxygen atoms in total. The number of hydrogen-bond donors (Lipinski definition) is 1. The minimum absolute atomic E-state index is 0.119. The lowest BCUT2D eigenvalue weighted by molar-refractivity contribution is -0.142. The van der Waals surface area contributed by atoms with E-state index < -0.39 is 5.97 Å². The van der Waals surface area contributed by atoms with E-state index in [1.54, 1.807) is 0 Å². The molecule has 0 spiro atoms. The molecular formula is C34H64O2. The summed E-state index contributed by atoms with van der Waals surface area (Å²) in [5, 5.41) is 9.57. The number of carbonyl (C=O) groups is 1. The normalized spacial score (nSPS) is 12.7. The van der Waals surface area contributed by atoms with Crippen LogP contribution in [0.25, 0.3) is 0 Å². The van der Waals surface area contributed by atoms with Crippen LogP contribution < -0.4 is 0 Å². The fourth-order valence-electron chi connectivity index (χ4n) is 5.00. The van der Waals surface area contributed by atoms with E-state index in [4.69, 9.17) is 0 Å². The van der Waals surface area contributed by atoms with Gasteiger partial charge in [0.25, 0.3) is 0 Å². The molecule has 1 N–H and O–H groups in total. The third-order valence-electron chi connectivity index (χ3n) is 7.51. The maximum atomic E-state index is 11.6. The molecule has 0 amide bonds. The molecule has 0 saturated carbocycles. The Morgan fingerprint density at radius 2 is 0.833 bits per heavy atom. The highest BCUT2D eigenvalue weighted by atomic mass is 16.4. The Morgan fingerprint density at radius 3 is 1.25 bits per heavy atom. The van der Waals surface area contributed by atoms with Crippen molar-refractivity contribution in [2.24, 2.45) is 5.92 Å². The van der Waals surface area contributed by atoms with Crippen molar-refractivity contribution in [1.29, 1.82) is 0 Å². The summed E-state index contributed by atoms with van der Waals surface area (Å²) in [5.41, 5.74) is 0. The summed E-state index contributed by atoms with van der Waals surface area (Å²) >= 11 is 0. The van der Waals surface area contributed by atoms with E-state index in [9.17, 15) is 9.90 Å². The summed E-state index contributed by atoms with van der Waals surface area (Å²) in [4.78, 5) is 11.6. The molecule has 0 fully saturated rings. The molecule has 0 aromatic heterocycles. The average molecular weight is 505 g/mol. The second-order valence-corrected chi connectivity index (χ2v) is 11.1. The number of rotatable bonds is 29. The Morgan fingerprint density at radius 1 is 0.500 bits per heavy atom. The van der Waals surface area contributed by atoms with Crippen LogP contribution in [-0.4, -0.2) is 11.1 Å². The van der Waals surface area contributed by atoms with Crippen LogP contribution in [0.3, 0.4) is 0 Å². The van der Waals surface area contributed by atoms with Gasteiger partial charge in [-0.3, -0.25) is 4.79 Å². The van der Waals surface area contributed by atoms with Crippen molar-refractivity contribution in [3.8, 4) is 0 Å². The van der Waals surface area contributed by atoms with Gasteiger partial charge in [-0.1, -0.05) is 160 Å². The SMILES string of the molecule is CCCCC/C=C\C/C=C\CCCCCCC(CCCCCCCCCCCCCCCC)C(=O)O. The molecule has 0 aromatic carbocycles. The molecule has 0 heterocycles. The second-order valence-electron chi connectivity index (χ2n) is 11.1. The number of unbranched alkanes of at least 4 members (excludes halogenated alkanes) is 20. The molecule has 36 heavy (non-hydrogen) atoms. The van der Waals surface area contributed by atoms with Crippen molar-refractivity contribution in [2.75, 3.05) is 0 Å². The highest BCUT2D eigenvalue weighted by molar-refractivity contribution is 5.69. The lowest BCUT2D eigenvalue weighted by atomic mass is 9.94. The van der Waals surface area contributed by atoms with E-state index in [0.29, 0.717) is 0 Å². The van der Waals surface area contributed by atoms with Gasteiger partial charge in [-0.15, -0.1) is 0 Å². The van der Waals surface area contributed by atoms with Gasteiger partial charge in [0.2, 0.25) is 0 Å². The summed E-state index contributed by atoms with van der Waals surface area (Å²) in [6.07, 6.45) is 42.0. The first-order valence-corrected chi connectivity index (χ1v) is 16.2. The third kappa shape index (κ3) is 27.5. The van der Waals surface area contributed by atoms with Gasteiger partial charge in [0.1, 0.15) is 0 Å². The monoisotopic (exact) mass is 504 g/mol. The topological polar surface area (TPSA) is 37.3 Å². The second kappa shape index (κ2) is 30.2. The summed E-state index contributed by atoms with van der Waals surface area (Å²) in [7, 11) is 0. The van der Waals surface area contributed by atoms with Crippen LogP contribution in [0.4, 0.5) is 0 Å². The van der Waals surface area contributed by atoms with E-state index in [-0.39, 0.29) is 5.92 Å². The Kier molecular flexibility index (Phi) is 29.3. The molecule has 0 saturated heterocycles.